The smallest absolute Gasteiger partial charge is 0.00344 e. The van der Waals surface area contributed by atoms with Crippen LogP contribution in [0.3, 0.4) is 0 Å². The maximum absolute atomic E-state index is 2.68. The van der Waals surface area contributed by atoms with Gasteiger partial charge in [-0.3, -0.25) is 0 Å². The maximum Gasteiger partial charge on any atom is -0.00344 e. The van der Waals surface area contributed by atoms with Crippen LogP contribution < -0.4 is 10.6 Å². The van der Waals surface area contributed by atoms with Gasteiger partial charge >= 0.3 is 0 Å². The molecule has 3 fully saturated rings. The molecule has 0 nitrogen and oxygen atoms in total. The van der Waals surface area contributed by atoms with Crippen LogP contribution in [0.4, 0.5) is 0 Å². The van der Waals surface area contributed by atoms with Crippen LogP contribution in [0.5, 0.6) is 0 Å². The minimum atomic E-state index is -0.451. The fourth-order valence-corrected chi connectivity index (χ4v) is 12.1. The van der Waals surface area contributed by atoms with Crippen molar-refractivity contribution in [3.8, 4) is 0 Å². The first-order valence-electron chi connectivity index (χ1n) is 17.6. The second-order valence-electron chi connectivity index (χ2n) is 13.9. The molecule has 0 amide bonds. The average Bonchev–Trinajstić information content (AvgIpc) is 3.81. The molecule has 0 aliphatic heterocycles. The van der Waals surface area contributed by atoms with Crippen molar-refractivity contribution in [3.63, 3.8) is 0 Å². The maximum atomic E-state index is 2.68. The Balaban J connectivity index is 1.26. The van der Waals surface area contributed by atoms with Gasteiger partial charge in [0, 0.05) is 0 Å². The van der Waals surface area contributed by atoms with Gasteiger partial charge in [0.15, 0.2) is 0 Å². The van der Waals surface area contributed by atoms with Gasteiger partial charge in [-0.1, -0.05) is 148 Å². The summed E-state index contributed by atoms with van der Waals surface area (Å²) in [4.78, 5) is 0. The molecule has 3 aliphatic carbocycles. The van der Waals surface area contributed by atoms with E-state index in [1.807, 2.05) is 0 Å². The molecular formula is C43H53P. The molecule has 0 spiro atoms. The van der Waals surface area contributed by atoms with Crippen molar-refractivity contribution in [2.75, 3.05) is 0 Å². The van der Waals surface area contributed by atoms with Crippen LogP contribution in [0.25, 0.3) is 0 Å². The molecule has 0 saturated heterocycles. The zero-order valence-corrected chi connectivity index (χ0v) is 28.2. The summed E-state index contributed by atoms with van der Waals surface area (Å²) in [5.74, 6) is 4.60. The van der Waals surface area contributed by atoms with E-state index in [0.29, 0.717) is 41.2 Å². The van der Waals surface area contributed by atoms with E-state index in [1.165, 1.54) is 55.6 Å². The lowest BCUT2D eigenvalue weighted by molar-refractivity contribution is 0.500. The Bertz CT molecular complexity index is 1340. The topological polar surface area (TPSA) is 0 Å². The number of rotatable bonds is 10. The fourth-order valence-electron chi connectivity index (χ4n) is 8.85. The molecule has 0 N–H and O–H groups in total. The molecule has 44 heavy (non-hydrogen) atoms. The second-order valence-corrected chi connectivity index (χ2v) is 16.2. The van der Waals surface area contributed by atoms with Crippen LogP contribution in [0.15, 0.2) is 121 Å². The Morgan fingerprint density at radius 2 is 1.27 bits per heavy atom. The fraction of sp³-hybridized carbons (Fsp3) is 0.442. The molecule has 0 aromatic heterocycles. The van der Waals surface area contributed by atoms with Crippen LogP contribution in [-0.2, 0) is 0 Å². The Labute approximate surface area is 269 Å². The van der Waals surface area contributed by atoms with Crippen molar-refractivity contribution >= 4 is 18.5 Å². The summed E-state index contributed by atoms with van der Waals surface area (Å²) in [5.41, 5.74) is 3.78. The molecule has 0 heterocycles. The van der Waals surface area contributed by atoms with Gasteiger partial charge in [0.1, 0.15) is 0 Å². The molecule has 3 unspecified atom stereocenters. The van der Waals surface area contributed by atoms with E-state index < -0.39 is 7.92 Å². The van der Waals surface area contributed by atoms with Crippen molar-refractivity contribution in [2.24, 2.45) is 29.6 Å². The summed E-state index contributed by atoms with van der Waals surface area (Å²) in [6, 6.07) is 32.7. The third-order valence-corrected chi connectivity index (χ3v) is 14.3. The summed E-state index contributed by atoms with van der Waals surface area (Å²) in [5, 5.41) is 3.04. The Kier molecular flexibility index (Phi) is 10.7. The zero-order valence-electron chi connectivity index (χ0n) is 27.3. The third kappa shape index (κ3) is 7.07. The molecule has 3 aliphatic rings. The summed E-state index contributed by atoms with van der Waals surface area (Å²) in [6.07, 6.45) is 25.7. The van der Waals surface area contributed by atoms with E-state index in [0.717, 1.165) is 12.3 Å². The van der Waals surface area contributed by atoms with Gasteiger partial charge < -0.3 is 0 Å². The van der Waals surface area contributed by atoms with E-state index in [-0.39, 0.29) is 0 Å². The van der Waals surface area contributed by atoms with Crippen molar-refractivity contribution in [1.82, 2.24) is 0 Å². The number of hydrogen-bond acceptors (Lipinski definition) is 0. The van der Waals surface area contributed by atoms with Gasteiger partial charge in [-0.2, -0.15) is 0 Å². The summed E-state index contributed by atoms with van der Waals surface area (Å²) < 4.78 is 0. The molecule has 3 aromatic rings. The largest absolute Gasteiger partial charge is 0.0914 e. The van der Waals surface area contributed by atoms with Gasteiger partial charge in [-0.05, 0) is 122 Å². The Morgan fingerprint density at radius 1 is 0.659 bits per heavy atom. The first kappa shape index (κ1) is 31.3. The minimum Gasteiger partial charge on any atom is -0.0914 e. The average molecular weight is 601 g/mol. The van der Waals surface area contributed by atoms with Crippen molar-refractivity contribution in [3.05, 3.63) is 133 Å². The van der Waals surface area contributed by atoms with Crippen molar-refractivity contribution < 1.29 is 0 Å². The highest BCUT2D eigenvalue weighted by Gasteiger charge is 2.43. The highest BCUT2D eigenvalue weighted by molar-refractivity contribution is 7.73. The lowest BCUT2D eigenvalue weighted by atomic mass is 9.85. The van der Waals surface area contributed by atoms with E-state index in [9.17, 15) is 0 Å². The second kappa shape index (κ2) is 15.1. The standard InChI is InChI=1S/C43H53P/c1-4-6-16-33-29-38(42(30-33)36-25-23-35(24-26-36)34-17-13-14-18-34)28-27-37-31-39(15-5-2)43(32(37)3)44(40-19-9-7-10-20-40)41-21-11-8-12-22-41/h5-12,15-16,19-28,32-34,37-39,42-43H,4,13-14,17-18,29-31H2,1-3H3/b15-5+,16-6+,28-27+/t32-,33?,37?,38+,39?,42+,43-/m0/s1. The summed E-state index contributed by atoms with van der Waals surface area (Å²) in [6.45, 7) is 7.04. The molecule has 3 aromatic carbocycles. The highest BCUT2D eigenvalue weighted by Crippen LogP contribution is 2.56. The van der Waals surface area contributed by atoms with E-state index in [4.69, 9.17) is 0 Å². The van der Waals surface area contributed by atoms with Crippen LogP contribution in [0, 0.1) is 29.6 Å². The molecule has 0 bridgehead atoms. The minimum absolute atomic E-state index is 0.451. The van der Waals surface area contributed by atoms with Crippen LogP contribution >= 0.6 is 7.92 Å². The molecule has 3 saturated carbocycles. The van der Waals surface area contributed by atoms with E-state index in [1.54, 1.807) is 11.1 Å². The van der Waals surface area contributed by atoms with E-state index >= 15 is 0 Å². The van der Waals surface area contributed by atoms with Gasteiger partial charge in [0.2, 0.25) is 0 Å². The SMILES string of the molecule is C/C=C/C1CC(/C=C/[C@@H]2CC(/C=C/CC)C[C@@H]2c2ccc(C3CCCC3)cc2)[C@H](C)[C@@H]1P(c1ccccc1)c1ccccc1. The van der Waals surface area contributed by atoms with Crippen LogP contribution in [0.2, 0.25) is 0 Å². The molecule has 230 valence electrons. The summed E-state index contributed by atoms with van der Waals surface area (Å²) >= 11 is 0. The van der Waals surface area contributed by atoms with Crippen LogP contribution in [0.1, 0.15) is 95.1 Å². The van der Waals surface area contributed by atoms with Gasteiger partial charge in [0.05, 0.1) is 0 Å². The number of allylic oxidation sites excluding steroid dienone is 6. The molecule has 1 heteroatoms. The lowest BCUT2D eigenvalue weighted by Gasteiger charge is -2.32. The predicted molar refractivity (Wildman–Crippen MR) is 194 cm³/mol. The normalized spacial score (nSPS) is 29.7. The Hall–Kier alpha value is -2.69. The lowest BCUT2D eigenvalue weighted by Crippen LogP contribution is -2.28. The first-order valence-corrected chi connectivity index (χ1v) is 19.0. The quantitative estimate of drug-likeness (QED) is 0.160. The van der Waals surface area contributed by atoms with Crippen molar-refractivity contribution in [1.29, 1.82) is 0 Å². The van der Waals surface area contributed by atoms with Gasteiger partial charge in [0.25, 0.3) is 0 Å². The number of hydrogen-bond donors (Lipinski definition) is 0. The molecule has 6 rings (SSSR count). The van der Waals surface area contributed by atoms with Crippen molar-refractivity contribution in [2.45, 2.75) is 89.6 Å². The van der Waals surface area contributed by atoms with E-state index in [2.05, 4.69) is 142 Å². The highest BCUT2D eigenvalue weighted by atomic mass is 31.1. The monoisotopic (exact) mass is 600 g/mol. The predicted octanol–water partition coefficient (Wildman–Crippen LogP) is 11.3. The third-order valence-electron chi connectivity index (χ3n) is 11.1. The van der Waals surface area contributed by atoms with Crippen LogP contribution in [-0.4, -0.2) is 5.66 Å². The van der Waals surface area contributed by atoms with Gasteiger partial charge in [-0.15, -0.1) is 0 Å². The molecule has 7 atom stereocenters. The molecule has 0 radical (unpaired) electrons. The Morgan fingerprint density at radius 3 is 1.89 bits per heavy atom. The summed E-state index contributed by atoms with van der Waals surface area (Å²) in [7, 11) is -0.451. The first-order chi connectivity index (χ1) is 21.7. The van der Waals surface area contributed by atoms with Gasteiger partial charge in [-0.25, -0.2) is 0 Å². The number of benzene rings is 3. The zero-order chi connectivity index (χ0) is 30.3. The molecular weight excluding hydrogens is 547 g/mol.